The third-order valence-electron chi connectivity index (χ3n) is 9.23. The number of ether oxygens (including phenoxy) is 1. The van der Waals surface area contributed by atoms with E-state index in [1.165, 1.54) is 29.7 Å². The minimum atomic E-state index is -4.46. The Hall–Kier alpha value is -2.80. The minimum absolute atomic E-state index is 0.138. The molecule has 10 nitrogen and oxygen atoms in total. The van der Waals surface area contributed by atoms with Crippen LogP contribution >= 0.6 is 0 Å². The number of hydrogen-bond donors (Lipinski definition) is 2. The Morgan fingerprint density at radius 1 is 1.10 bits per heavy atom. The Morgan fingerprint density at radius 2 is 1.93 bits per heavy atom. The molecular weight excluding hydrogens is 549 g/mol. The number of fused-ring (bicyclic) bond motifs is 1. The number of hydrogen-bond acceptors (Lipinski definition) is 7. The molecular formula is C29H41F3N8O2. The van der Waals surface area contributed by atoms with E-state index in [9.17, 15) is 18.0 Å². The molecule has 230 valence electrons. The van der Waals surface area contributed by atoms with E-state index in [1.54, 1.807) is 6.34 Å². The van der Waals surface area contributed by atoms with Crippen LogP contribution in [0.25, 0.3) is 0 Å². The zero-order valence-electron chi connectivity index (χ0n) is 23.9. The van der Waals surface area contributed by atoms with Crippen molar-refractivity contribution in [1.82, 2.24) is 20.4 Å². The number of carbonyl (C=O) groups is 1. The van der Waals surface area contributed by atoms with E-state index in [4.69, 9.17) is 9.73 Å². The average molecular weight is 591 g/mol. The van der Waals surface area contributed by atoms with Gasteiger partial charge in [-0.15, -0.1) is 0 Å². The monoisotopic (exact) mass is 590 g/mol. The van der Waals surface area contributed by atoms with Gasteiger partial charge in [0.25, 0.3) is 0 Å². The lowest BCUT2D eigenvalue weighted by atomic mass is 9.86. The summed E-state index contributed by atoms with van der Waals surface area (Å²) in [5.74, 6) is 0.987. The Morgan fingerprint density at radius 3 is 2.69 bits per heavy atom. The maximum absolute atomic E-state index is 12.6. The number of guanidine groups is 1. The smallest absolute Gasteiger partial charge is 0.356 e. The molecule has 42 heavy (non-hydrogen) atoms. The Kier molecular flexibility index (Phi) is 8.94. The quantitative estimate of drug-likeness (QED) is 0.452. The molecule has 0 bridgehead atoms. The highest BCUT2D eigenvalue weighted by atomic mass is 19.4. The summed E-state index contributed by atoms with van der Waals surface area (Å²) in [4.78, 5) is 34.0. The van der Waals surface area contributed by atoms with Gasteiger partial charge in [0, 0.05) is 51.1 Å². The molecule has 0 aromatic heterocycles. The predicted octanol–water partition coefficient (Wildman–Crippen LogP) is 2.91. The summed E-state index contributed by atoms with van der Waals surface area (Å²) in [5.41, 5.74) is 2.32. The molecule has 1 amide bonds. The zero-order valence-corrected chi connectivity index (χ0v) is 23.9. The topological polar surface area (TPSA) is 106 Å². The molecule has 0 spiro atoms. The molecule has 1 saturated carbocycles. The highest BCUT2D eigenvalue weighted by Gasteiger charge is 2.36. The second-order valence-corrected chi connectivity index (χ2v) is 12.4. The van der Waals surface area contributed by atoms with Crippen molar-refractivity contribution < 1.29 is 22.7 Å². The SMILES string of the molecule is O=C(CC(F)(F)F)N1CCN(CC2CC=NC(N=C3NC4C=C(C5=NC=NC(OCC6CCC6)C5)CCC4N3)C2)CC1. The molecule has 0 aromatic carbocycles. The lowest BCUT2D eigenvalue weighted by molar-refractivity contribution is -0.162. The Labute approximate surface area is 244 Å². The summed E-state index contributed by atoms with van der Waals surface area (Å²) in [7, 11) is 0. The molecule has 5 unspecified atom stereocenters. The number of amides is 1. The number of allylic oxidation sites excluding steroid dienone is 1. The highest BCUT2D eigenvalue weighted by Crippen LogP contribution is 2.29. The van der Waals surface area contributed by atoms with Crippen LogP contribution in [-0.2, 0) is 9.53 Å². The second kappa shape index (κ2) is 12.8. The van der Waals surface area contributed by atoms with E-state index < -0.39 is 18.5 Å². The standard InChI is InChI=1S/C29H41F3N8O2/c30-29(31,32)15-27(41)40-10-8-39(9-11-40)16-20-6-7-33-25(12-20)38-28-36-22-5-4-21(13-24(22)37-28)23-14-26(35-18-34-23)42-17-19-2-1-3-19/h7,13,18-20,22,24-26H,1-6,8-12,14-17H2,(H2,36,37,38). The molecule has 6 aliphatic rings. The largest absolute Gasteiger partial charge is 0.397 e. The van der Waals surface area contributed by atoms with Crippen molar-refractivity contribution in [2.24, 2.45) is 31.8 Å². The normalized spacial score (nSPS) is 33.0. The number of aliphatic imine (C=N–C) groups is 4. The van der Waals surface area contributed by atoms with E-state index in [0.717, 1.165) is 56.9 Å². The van der Waals surface area contributed by atoms with Crippen molar-refractivity contribution >= 4 is 30.1 Å². The summed E-state index contributed by atoms with van der Waals surface area (Å²) in [6.07, 6.45) is 7.86. The van der Waals surface area contributed by atoms with Gasteiger partial charge in [0.15, 0.2) is 12.2 Å². The Balaban J connectivity index is 0.966. The van der Waals surface area contributed by atoms with Crippen molar-refractivity contribution in [3.63, 3.8) is 0 Å². The number of rotatable bonds is 8. The van der Waals surface area contributed by atoms with Crippen LogP contribution in [0.2, 0.25) is 0 Å². The van der Waals surface area contributed by atoms with E-state index in [1.807, 2.05) is 6.21 Å². The molecule has 4 aliphatic heterocycles. The molecule has 0 aromatic rings. The second-order valence-electron chi connectivity index (χ2n) is 12.4. The third kappa shape index (κ3) is 7.58. The van der Waals surface area contributed by atoms with Crippen LogP contribution in [-0.4, -0.2) is 110 Å². The van der Waals surface area contributed by atoms with Crippen LogP contribution in [0.15, 0.2) is 31.6 Å². The summed E-state index contributed by atoms with van der Waals surface area (Å²) >= 11 is 0. The molecule has 4 heterocycles. The first kappa shape index (κ1) is 29.3. The number of carbonyl (C=O) groups excluding carboxylic acids is 1. The summed E-state index contributed by atoms with van der Waals surface area (Å²) in [6.45, 7) is 3.45. The third-order valence-corrected chi connectivity index (χ3v) is 9.23. The average Bonchev–Trinajstić information content (AvgIpc) is 3.33. The summed E-state index contributed by atoms with van der Waals surface area (Å²) in [5, 5.41) is 7.09. The van der Waals surface area contributed by atoms with E-state index in [0.29, 0.717) is 38.0 Å². The number of nitrogens with one attached hydrogen (secondary N) is 2. The number of nitrogens with zero attached hydrogens (tertiary/aromatic N) is 6. The van der Waals surface area contributed by atoms with Gasteiger partial charge in [0.1, 0.15) is 18.9 Å². The summed E-state index contributed by atoms with van der Waals surface area (Å²) in [6, 6.07) is 0.416. The van der Waals surface area contributed by atoms with Crippen molar-refractivity contribution in [2.45, 2.75) is 88.4 Å². The van der Waals surface area contributed by atoms with Crippen molar-refractivity contribution in [3.8, 4) is 0 Å². The van der Waals surface area contributed by atoms with Crippen LogP contribution in [0.5, 0.6) is 0 Å². The first-order valence-electron chi connectivity index (χ1n) is 15.4. The maximum atomic E-state index is 12.6. The fourth-order valence-corrected chi connectivity index (χ4v) is 6.57. The van der Waals surface area contributed by atoms with Crippen LogP contribution in [0.1, 0.15) is 57.8 Å². The predicted molar refractivity (Wildman–Crippen MR) is 155 cm³/mol. The van der Waals surface area contributed by atoms with E-state index in [-0.39, 0.29) is 24.5 Å². The summed E-state index contributed by atoms with van der Waals surface area (Å²) < 4.78 is 43.8. The fraction of sp³-hybridized carbons (Fsp3) is 0.759. The molecule has 2 aliphatic carbocycles. The van der Waals surface area contributed by atoms with Crippen LogP contribution in [0.3, 0.4) is 0 Å². The van der Waals surface area contributed by atoms with Gasteiger partial charge in [-0.05, 0) is 55.9 Å². The van der Waals surface area contributed by atoms with Crippen molar-refractivity contribution in [2.75, 3.05) is 39.3 Å². The first-order valence-corrected chi connectivity index (χ1v) is 15.4. The molecule has 6 rings (SSSR count). The van der Waals surface area contributed by atoms with E-state index >= 15 is 0 Å². The van der Waals surface area contributed by atoms with Gasteiger partial charge < -0.3 is 20.3 Å². The first-order chi connectivity index (χ1) is 20.3. The Bertz CT molecular complexity index is 1140. The lowest BCUT2D eigenvalue weighted by Gasteiger charge is -2.37. The van der Waals surface area contributed by atoms with Gasteiger partial charge >= 0.3 is 6.18 Å². The molecule has 2 N–H and O–H groups in total. The maximum Gasteiger partial charge on any atom is 0.397 e. The number of alkyl halides is 3. The lowest BCUT2D eigenvalue weighted by Crippen LogP contribution is -2.50. The van der Waals surface area contributed by atoms with Gasteiger partial charge in [-0.1, -0.05) is 12.5 Å². The molecule has 13 heteroatoms. The van der Waals surface area contributed by atoms with Crippen LogP contribution in [0, 0.1) is 11.8 Å². The molecule has 0 radical (unpaired) electrons. The fourth-order valence-electron chi connectivity index (χ4n) is 6.57. The number of piperazine rings is 1. The van der Waals surface area contributed by atoms with Crippen molar-refractivity contribution in [3.05, 3.63) is 11.6 Å². The van der Waals surface area contributed by atoms with Gasteiger partial charge in [0.2, 0.25) is 5.91 Å². The molecule has 3 fully saturated rings. The van der Waals surface area contributed by atoms with Gasteiger partial charge in [0.05, 0.1) is 18.7 Å². The molecule has 2 saturated heterocycles. The zero-order chi connectivity index (χ0) is 29.1. The van der Waals surface area contributed by atoms with E-state index in [2.05, 4.69) is 36.6 Å². The van der Waals surface area contributed by atoms with Crippen LogP contribution in [0.4, 0.5) is 13.2 Å². The van der Waals surface area contributed by atoms with Crippen molar-refractivity contribution in [1.29, 1.82) is 0 Å². The number of halogens is 3. The molecule has 5 atom stereocenters. The van der Waals surface area contributed by atoms with Gasteiger partial charge in [-0.3, -0.25) is 14.7 Å². The highest BCUT2D eigenvalue weighted by molar-refractivity contribution is 6.05. The van der Waals surface area contributed by atoms with Crippen LogP contribution < -0.4 is 10.6 Å². The minimum Gasteiger partial charge on any atom is -0.356 e. The van der Waals surface area contributed by atoms with Gasteiger partial charge in [-0.2, -0.15) is 13.2 Å². The van der Waals surface area contributed by atoms with Gasteiger partial charge in [-0.25, -0.2) is 15.0 Å².